The van der Waals surface area contributed by atoms with Crippen LogP contribution < -0.4 is 10.2 Å². The van der Waals surface area contributed by atoms with Gasteiger partial charge in [0.15, 0.2) is 5.65 Å². The molecule has 134 valence electrons. The van der Waals surface area contributed by atoms with Gasteiger partial charge in [-0.15, -0.1) is 0 Å². The van der Waals surface area contributed by atoms with Crippen LogP contribution in [0.1, 0.15) is 11.6 Å². The number of fused-ring (bicyclic) bond motifs is 1. The van der Waals surface area contributed by atoms with Crippen LogP contribution in [-0.4, -0.2) is 34.2 Å². The summed E-state index contributed by atoms with van der Waals surface area (Å²) in [5.74, 6) is 1.09. The molecule has 1 aliphatic rings. The molecule has 0 amide bonds. The van der Waals surface area contributed by atoms with Crippen LogP contribution >= 0.6 is 0 Å². The fraction of sp³-hybridized carbons (Fsp3) is 0.182. The van der Waals surface area contributed by atoms with Crippen LogP contribution in [0.4, 0.5) is 5.82 Å². The molecule has 0 bridgehead atoms. The van der Waals surface area contributed by atoms with Crippen LogP contribution in [0, 0.1) is 0 Å². The predicted molar refractivity (Wildman–Crippen MR) is 108 cm³/mol. The second-order valence-electron chi connectivity index (χ2n) is 6.83. The van der Waals surface area contributed by atoms with E-state index in [1.807, 2.05) is 35.0 Å². The van der Waals surface area contributed by atoms with E-state index in [1.54, 1.807) is 0 Å². The summed E-state index contributed by atoms with van der Waals surface area (Å²) in [6.45, 7) is 2.78. The van der Waals surface area contributed by atoms with E-state index in [2.05, 4.69) is 63.8 Å². The van der Waals surface area contributed by atoms with E-state index >= 15 is 0 Å². The maximum absolute atomic E-state index is 4.80. The largest absolute Gasteiger partial charge is 0.353 e. The Bertz CT molecular complexity index is 1040. The number of benzene rings is 2. The van der Waals surface area contributed by atoms with Crippen LogP contribution in [0.3, 0.4) is 0 Å². The Kier molecular flexibility index (Phi) is 4.07. The maximum atomic E-state index is 4.80. The summed E-state index contributed by atoms with van der Waals surface area (Å²) in [5.41, 5.74) is 4.29. The lowest BCUT2D eigenvalue weighted by molar-refractivity contribution is 0.467. The molecule has 1 aliphatic heterocycles. The molecule has 1 unspecified atom stereocenters. The number of nitrogens with one attached hydrogen (secondary N) is 1. The molecule has 5 rings (SSSR count). The van der Waals surface area contributed by atoms with Crippen LogP contribution in [-0.2, 0) is 0 Å². The highest BCUT2D eigenvalue weighted by Crippen LogP contribution is 2.27. The number of rotatable bonds is 3. The zero-order valence-corrected chi connectivity index (χ0v) is 15.0. The number of hydrogen-bond donors (Lipinski definition) is 1. The lowest BCUT2D eigenvalue weighted by atomic mass is 10.0. The van der Waals surface area contributed by atoms with Gasteiger partial charge in [-0.3, -0.25) is 0 Å². The fourth-order valence-electron chi connectivity index (χ4n) is 3.75. The second kappa shape index (κ2) is 6.85. The lowest BCUT2D eigenvalue weighted by Gasteiger charge is -2.35. The van der Waals surface area contributed by atoms with Crippen molar-refractivity contribution in [2.45, 2.75) is 6.04 Å². The first-order chi connectivity index (χ1) is 13.4. The van der Waals surface area contributed by atoms with Crippen molar-refractivity contribution in [2.24, 2.45) is 0 Å². The molecule has 4 aromatic rings. The number of anilines is 1. The minimum absolute atomic E-state index is 0.305. The van der Waals surface area contributed by atoms with Gasteiger partial charge in [0.2, 0.25) is 0 Å². The summed E-state index contributed by atoms with van der Waals surface area (Å²) >= 11 is 0. The van der Waals surface area contributed by atoms with Crippen molar-refractivity contribution < 1.29 is 0 Å². The van der Waals surface area contributed by atoms with Crippen LogP contribution in [0.25, 0.3) is 16.9 Å². The van der Waals surface area contributed by atoms with Crippen molar-refractivity contribution in [3.63, 3.8) is 0 Å². The van der Waals surface area contributed by atoms with Crippen LogP contribution in [0.15, 0.2) is 79.0 Å². The first-order valence-electron chi connectivity index (χ1n) is 9.32. The van der Waals surface area contributed by atoms with Gasteiger partial charge in [-0.25, -0.2) is 4.98 Å². The average molecular weight is 355 g/mol. The van der Waals surface area contributed by atoms with E-state index in [0.717, 1.165) is 42.4 Å². The van der Waals surface area contributed by atoms with Gasteiger partial charge in [-0.2, -0.15) is 9.61 Å². The average Bonchev–Trinajstić information content (AvgIpc) is 3.23. The van der Waals surface area contributed by atoms with E-state index in [-0.39, 0.29) is 0 Å². The van der Waals surface area contributed by atoms with Crippen molar-refractivity contribution in [1.29, 1.82) is 0 Å². The monoisotopic (exact) mass is 355 g/mol. The van der Waals surface area contributed by atoms with Gasteiger partial charge in [-0.1, -0.05) is 60.7 Å². The molecule has 3 heterocycles. The quantitative estimate of drug-likeness (QED) is 0.610. The van der Waals surface area contributed by atoms with Crippen molar-refractivity contribution in [2.75, 3.05) is 24.5 Å². The zero-order valence-electron chi connectivity index (χ0n) is 15.0. The Morgan fingerprint density at radius 1 is 0.926 bits per heavy atom. The molecule has 0 spiro atoms. The number of hydrogen-bond acceptors (Lipinski definition) is 4. The first kappa shape index (κ1) is 16.0. The molecule has 5 heteroatoms. The fourth-order valence-corrected chi connectivity index (χ4v) is 3.75. The third-order valence-corrected chi connectivity index (χ3v) is 5.11. The van der Waals surface area contributed by atoms with Gasteiger partial charge in [0.25, 0.3) is 0 Å². The minimum Gasteiger partial charge on any atom is -0.353 e. The highest BCUT2D eigenvalue weighted by molar-refractivity contribution is 5.67. The van der Waals surface area contributed by atoms with Crippen molar-refractivity contribution in [3.8, 4) is 11.3 Å². The van der Waals surface area contributed by atoms with Crippen LogP contribution in [0.5, 0.6) is 0 Å². The molecule has 2 aromatic carbocycles. The van der Waals surface area contributed by atoms with E-state index < -0.39 is 0 Å². The van der Waals surface area contributed by atoms with E-state index in [9.17, 15) is 0 Å². The third-order valence-electron chi connectivity index (χ3n) is 5.11. The van der Waals surface area contributed by atoms with Gasteiger partial charge >= 0.3 is 0 Å². The lowest BCUT2D eigenvalue weighted by Crippen LogP contribution is -2.46. The normalized spacial score (nSPS) is 17.3. The molecular formula is C22H21N5. The van der Waals surface area contributed by atoms with Gasteiger partial charge < -0.3 is 10.2 Å². The van der Waals surface area contributed by atoms with Crippen LogP contribution in [0.2, 0.25) is 0 Å². The smallest absolute Gasteiger partial charge is 0.157 e. The standard InChI is InChI=1S/C22H21N5/c1-3-7-17(8-4-1)19-15-22(27-21(25-19)11-12-24-27)26-14-13-23-20(16-26)18-9-5-2-6-10-18/h1-12,15,20,23H,13-14,16H2. The van der Waals surface area contributed by atoms with E-state index in [0.29, 0.717) is 6.04 Å². The maximum Gasteiger partial charge on any atom is 0.157 e. The van der Waals surface area contributed by atoms with E-state index in [1.165, 1.54) is 5.56 Å². The first-order valence-corrected chi connectivity index (χ1v) is 9.32. The molecule has 1 saturated heterocycles. The van der Waals surface area contributed by atoms with Gasteiger partial charge in [0, 0.05) is 43.4 Å². The number of aromatic nitrogens is 3. The van der Waals surface area contributed by atoms with Gasteiger partial charge in [-0.05, 0) is 5.56 Å². The molecule has 1 fully saturated rings. The summed E-state index contributed by atoms with van der Waals surface area (Å²) in [4.78, 5) is 7.20. The van der Waals surface area contributed by atoms with Gasteiger partial charge in [0.1, 0.15) is 5.82 Å². The Labute approximate surface area is 158 Å². The predicted octanol–water partition coefficient (Wildman–Crippen LogP) is 3.55. The SMILES string of the molecule is c1ccc(-c2cc(N3CCNC(c4ccccc4)C3)n3nccc3n2)cc1. The molecule has 1 atom stereocenters. The molecule has 0 saturated carbocycles. The highest BCUT2D eigenvalue weighted by atomic mass is 15.4. The zero-order chi connectivity index (χ0) is 18.1. The molecule has 1 N–H and O–H groups in total. The summed E-state index contributed by atoms with van der Waals surface area (Å²) < 4.78 is 1.94. The van der Waals surface area contributed by atoms with E-state index in [4.69, 9.17) is 4.98 Å². The third kappa shape index (κ3) is 3.06. The minimum atomic E-state index is 0.305. The summed E-state index contributed by atoms with van der Waals surface area (Å²) in [6, 6.07) is 25.4. The summed E-state index contributed by atoms with van der Waals surface area (Å²) in [5, 5.41) is 8.15. The summed E-state index contributed by atoms with van der Waals surface area (Å²) in [7, 11) is 0. The topological polar surface area (TPSA) is 45.5 Å². The number of piperazine rings is 1. The highest BCUT2D eigenvalue weighted by Gasteiger charge is 2.23. The Morgan fingerprint density at radius 3 is 2.52 bits per heavy atom. The van der Waals surface area contributed by atoms with Crippen molar-refractivity contribution in [1.82, 2.24) is 19.9 Å². The van der Waals surface area contributed by atoms with Crippen molar-refractivity contribution in [3.05, 3.63) is 84.6 Å². The molecule has 0 radical (unpaired) electrons. The second-order valence-corrected chi connectivity index (χ2v) is 6.83. The Hall–Kier alpha value is -3.18. The molecule has 0 aliphatic carbocycles. The Morgan fingerprint density at radius 2 is 1.70 bits per heavy atom. The number of nitrogens with zero attached hydrogens (tertiary/aromatic N) is 4. The molecule has 2 aromatic heterocycles. The molecular weight excluding hydrogens is 334 g/mol. The Balaban J connectivity index is 1.55. The summed E-state index contributed by atoms with van der Waals surface area (Å²) in [6.07, 6.45) is 1.82. The van der Waals surface area contributed by atoms with Gasteiger partial charge in [0.05, 0.1) is 11.9 Å². The van der Waals surface area contributed by atoms with Crippen molar-refractivity contribution >= 4 is 11.5 Å². The molecule has 5 nitrogen and oxygen atoms in total. The molecule has 27 heavy (non-hydrogen) atoms.